The SMILES string of the molecule is CCOc1ncncc1C(=N)N. The molecule has 0 aromatic carbocycles. The lowest BCUT2D eigenvalue weighted by atomic mass is 10.3. The molecule has 0 amide bonds. The van der Waals surface area contributed by atoms with E-state index in [2.05, 4.69) is 9.97 Å². The van der Waals surface area contributed by atoms with Crippen molar-refractivity contribution in [1.82, 2.24) is 9.97 Å². The average Bonchev–Trinajstić information content (AvgIpc) is 2.05. The lowest BCUT2D eigenvalue weighted by Crippen LogP contribution is -2.14. The molecule has 0 aliphatic rings. The summed E-state index contributed by atoms with van der Waals surface area (Å²) in [6.07, 6.45) is 2.82. The maximum atomic E-state index is 7.17. The van der Waals surface area contributed by atoms with E-state index in [0.717, 1.165) is 0 Å². The minimum Gasteiger partial charge on any atom is -0.477 e. The first-order valence-corrected chi connectivity index (χ1v) is 3.53. The molecule has 1 aromatic heterocycles. The van der Waals surface area contributed by atoms with Crippen LogP contribution in [0, 0.1) is 5.41 Å². The molecule has 0 atom stereocenters. The second kappa shape index (κ2) is 3.66. The number of hydrogen-bond acceptors (Lipinski definition) is 4. The Bertz CT molecular complexity index is 286. The van der Waals surface area contributed by atoms with E-state index in [1.807, 2.05) is 6.92 Å². The van der Waals surface area contributed by atoms with Crippen LogP contribution in [0.2, 0.25) is 0 Å². The summed E-state index contributed by atoms with van der Waals surface area (Å²) < 4.78 is 5.13. The molecule has 1 heterocycles. The van der Waals surface area contributed by atoms with Crippen molar-refractivity contribution in [3.8, 4) is 5.88 Å². The quantitative estimate of drug-likeness (QED) is 0.494. The van der Waals surface area contributed by atoms with Gasteiger partial charge in [-0.2, -0.15) is 0 Å². The predicted molar refractivity (Wildman–Crippen MR) is 44.2 cm³/mol. The van der Waals surface area contributed by atoms with Gasteiger partial charge >= 0.3 is 0 Å². The van der Waals surface area contributed by atoms with Crippen molar-refractivity contribution < 1.29 is 4.74 Å². The van der Waals surface area contributed by atoms with E-state index in [-0.39, 0.29) is 5.84 Å². The zero-order valence-corrected chi connectivity index (χ0v) is 6.74. The van der Waals surface area contributed by atoms with Crippen LogP contribution in [0.25, 0.3) is 0 Å². The molecule has 0 saturated carbocycles. The number of nitrogens with one attached hydrogen (secondary N) is 1. The Balaban J connectivity index is 3.00. The van der Waals surface area contributed by atoms with Gasteiger partial charge in [-0.15, -0.1) is 0 Å². The molecule has 0 aliphatic heterocycles. The second-order valence-electron chi connectivity index (χ2n) is 2.09. The van der Waals surface area contributed by atoms with Crippen molar-refractivity contribution in [2.45, 2.75) is 6.92 Å². The topological polar surface area (TPSA) is 84.9 Å². The fourth-order valence-electron chi connectivity index (χ4n) is 0.755. The summed E-state index contributed by atoms with van der Waals surface area (Å²) in [6, 6.07) is 0. The first-order valence-electron chi connectivity index (χ1n) is 3.53. The number of hydrogen-bond donors (Lipinski definition) is 2. The Labute approximate surface area is 70.1 Å². The van der Waals surface area contributed by atoms with Crippen LogP contribution in [0.5, 0.6) is 5.88 Å². The standard InChI is InChI=1S/C7H10N4O/c1-2-12-7-5(6(8)9)3-10-4-11-7/h3-4H,2H2,1H3,(H3,8,9). The van der Waals surface area contributed by atoms with Gasteiger partial charge in [-0.25, -0.2) is 9.97 Å². The first kappa shape index (κ1) is 8.45. The molecule has 1 aromatic rings. The van der Waals surface area contributed by atoms with Crippen LogP contribution in [-0.2, 0) is 0 Å². The predicted octanol–water partition coefficient (Wildman–Crippen LogP) is 0.159. The molecule has 3 N–H and O–H groups in total. The molecule has 0 bridgehead atoms. The molecule has 0 fully saturated rings. The van der Waals surface area contributed by atoms with Crippen molar-refractivity contribution in [2.75, 3.05) is 6.61 Å². The summed E-state index contributed by atoms with van der Waals surface area (Å²) in [5, 5.41) is 7.17. The molecule has 5 heteroatoms. The number of nitrogen functional groups attached to an aromatic ring is 1. The minimum atomic E-state index is -0.0842. The third kappa shape index (κ3) is 1.69. The van der Waals surface area contributed by atoms with E-state index in [1.165, 1.54) is 12.5 Å². The number of nitrogens with two attached hydrogens (primary N) is 1. The number of nitrogens with zero attached hydrogens (tertiary/aromatic N) is 2. The summed E-state index contributed by atoms with van der Waals surface area (Å²) in [6.45, 7) is 2.34. The van der Waals surface area contributed by atoms with E-state index >= 15 is 0 Å². The van der Waals surface area contributed by atoms with Crippen LogP contribution in [0.1, 0.15) is 12.5 Å². The van der Waals surface area contributed by atoms with Crippen molar-refractivity contribution in [3.63, 3.8) is 0 Å². The van der Waals surface area contributed by atoms with Gasteiger partial charge in [0.1, 0.15) is 12.2 Å². The molecule has 0 saturated heterocycles. The molecule has 0 radical (unpaired) electrons. The van der Waals surface area contributed by atoms with Gasteiger partial charge in [-0.1, -0.05) is 0 Å². The maximum Gasteiger partial charge on any atom is 0.227 e. The van der Waals surface area contributed by atoms with Gasteiger partial charge in [0, 0.05) is 6.20 Å². The Morgan fingerprint density at radius 3 is 3.08 bits per heavy atom. The molecular weight excluding hydrogens is 156 g/mol. The van der Waals surface area contributed by atoms with Crippen molar-refractivity contribution >= 4 is 5.84 Å². The number of aromatic nitrogens is 2. The Morgan fingerprint density at radius 1 is 1.75 bits per heavy atom. The van der Waals surface area contributed by atoms with Crippen molar-refractivity contribution in [3.05, 3.63) is 18.1 Å². The Hall–Kier alpha value is -1.65. The van der Waals surface area contributed by atoms with Crippen LogP contribution >= 0.6 is 0 Å². The highest BCUT2D eigenvalue weighted by molar-refractivity contribution is 5.96. The van der Waals surface area contributed by atoms with Gasteiger partial charge in [0.25, 0.3) is 0 Å². The van der Waals surface area contributed by atoms with Crippen LogP contribution in [0.4, 0.5) is 0 Å². The zero-order chi connectivity index (χ0) is 8.97. The van der Waals surface area contributed by atoms with Crippen molar-refractivity contribution in [1.29, 1.82) is 5.41 Å². The van der Waals surface area contributed by atoms with E-state index in [4.69, 9.17) is 15.9 Å². The number of rotatable bonds is 3. The van der Waals surface area contributed by atoms with Crippen LogP contribution in [0.3, 0.4) is 0 Å². The summed E-state index contributed by atoms with van der Waals surface area (Å²) >= 11 is 0. The molecule has 64 valence electrons. The van der Waals surface area contributed by atoms with E-state index in [9.17, 15) is 0 Å². The highest BCUT2D eigenvalue weighted by Crippen LogP contribution is 2.10. The van der Waals surface area contributed by atoms with Gasteiger partial charge in [0.15, 0.2) is 0 Å². The van der Waals surface area contributed by atoms with Crippen molar-refractivity contribution in [2.24, 2.45) is 5.73 Å². The highest BCUT2D eigenvalue weighted by atomic mass is 16.5. The smallest absolute Gasteiger partial charge is 0.227 e. The third-order valence-electron chi connectivity index (χ3n) is 1.25. The summed E-state index contributed by atoms with van der Waals surface area (Å²) in [4.78, 5) is 7.57. The average molecular weight is 166 g/mol. The second-order valence-corrected chi connectivity index (χ2v) is 2.09. The molecular formula is C7H10N4O. The molecule has 0 aliphatic carbocycles. The van der Waals surface area contributed by atoms with Gasteiger partial charge < -0.3 is 10.5 Å². The van der Waals surface area contributed by atoms with Gasteiger partial charge in [0.2, 0.25) is 5.88 Å². The van der Waals surface area contributed by atoms with E-state index in [0.29, 0.717) is 18.1 Å². The monoisotopic (exact) mass is 166 g/mol. The molecule has 5 nitrogen and oxygen atoms in total. The fourth-order valence-corrected chi connectivity index (χ4v) is 0.755. The van der Waals surface area contributed by atoms with Crippen LogP contribution in [-0.4, -0.2) is 22.4 Å². The molecule has 1 rings (SSSR count). The summed E-state index contributed by atoms with van der Waals surface area (Å²) in [5.41, 5.74) is 5.70. The van der Waals surface area contributed by atoms with Gasteiger partial charge in [0.05, 0.1) is 12.2 Å². The lowest BCUT2D eigenvalue weighted by molar-refractivity contribution is 0.325. The summed E-state index contributed by atoms with van der Waals surface area (Å²) in [5.74, 6) is 0.277. The Morgan fingerprint density at radius 2 is 2.50 bits per heavy atom. The number of amidine groups is 1. The van der Waals surface area contributed by atoms with Gasteiger partial charge in [-0.05, 0) is 6.92 Å². The normalized spacial score (nSPS) is 9.42. The number of ether oxygens (including phenoxy) is 1. The largest absolute Gasteiger partial charge is 0.477 e. The van der Waals surface area contributed by atoms with Gasteiger partial charge in [-0.3, -0.25) is 5.41 Å². The van der Waals surface area contributed by atoms with E-state index in [1.54, 1.807) is 0 Å². The molecule has 12 heavy (non-hydrogen) atoms. The highest BCUT2D eigenvalue weighted by Gasteiger charge is 2.06. The molecule has 0 unspecified atom stereocenters. The maximum absolute atomic E-state index is 7.17. The van der Waals surface area contributed by atoms with E-state index < -0.39 is 0 Å². The fraction of sp³-hybridized carbons (Fsp3) is 0.286. The lowest BCUT2D eigenvalue weighted by Gasteiger charge is -2.05. The van der Waals surface area contributed by atoms with Crippen LogP contribution in [0.15, 0.2) is 12.5 Å². The first-order chi connectivity index (χ1) is 5.75. The summed E-state index contributed by atoms with van der Waals surface area (Å²) in [7, 11) is 0. The Kier molecular flexibility index (Phi) is 2.57. The zero-order valence-electron chi connectivity index (χ0n) is 6.74. The minimum absolute atomic E-state index is 0.0842. The van der Waals surface area contributed by atoms with Crippen LogP contribution < -0.4 is 10.5 Å². The third-order valence-corrected chi connectivity index (χ3v) is 1.25. The molecule has 0 spiro atoms.